The molecular weight excluding hydrogens is 508 g/mol. The maximum Gasteiger partial charge on any atom is 0.209 e. The number of pyridine rings is 1. The van der Waals surface area contributed by atoms with Gasteiger partial charge in [0.15, 0.2) is 11.6 Å². The number of benzene rings is 1. The van der Waals surface area contributed by atoms with Crippen LogP contribution in [0.5, 0.6) is 0 Å². The first kappa shape index (κ1) is 24.0. The van der Waals surface area contributed by atoms with Crippen LogP contribution in [0.3, 0.4) is 0 Å². The molecule has 2 N–H and O–H groups in total. The normalized spacial score (nSPS) is 14.6. The molecule has 37 heavy (non-hydrogen) atoms. The van der Waals surface area contributed by atoms with Gasteiger partial charge in [0.05, 0.1) is 29.7 Å². The number of aromatic amines is 1. The van der Waals surface area contributed by atoms with Crippen molar-refractivity contribution in [2.45, 2.75) is 13.5 Å². The Morgan fingerprint density at radius 3 is 2.78 bits per heavy atom. The summed E-state index contributed by atoms with van der Waals surface area (Å²) in [5.41, 5.74) is 5.60. The van der Waals surface area contributed by atoms with E-state index in [9.17, 15) is 8.42 Å². The van der Waals surface area contributed by atoms with E-state index in [4.69, 9.17) is 14.7 Å². The second-order valence-electron chi connectivity index (χ2n) is 9.14. The number of thiophene rings is 1. The summed E-state index contributed by atoms with van der Waals surface area (Å²) in [4.78, 5) is 21.1. The van der Waals surface area contributed by atoms with Gasteiger partial charge in [0.2, 0.25) is 10.0 Å². The van der Waals surface area contributed by atoms with Crippen LogP contribution in [0.1, 0.15) is 11.1 Å². The lowest BCUT2D eigenvalue weighted by molar-refractivity contribution is 0.122. The van der Waals surface area contributed by atoms with E-state index >= 15 is 0 Å². The van der Waals surface area contributed by atoms with Crippen molar-refractivity contribution in [3.63, 3.8) is 0 Å². The fraction of sp³-hybridized carbons (Fsp3) is 0.269. The molecule has 5 heterocycles. The quantitative estimate of drug-likeness (QED) is 0.337. The average Bonchev–Trinajstić information content (AvgIpc) is 3.51. The van der Waals surface area contributed by atoms with Crippen molar-refractivity contribution in [1.82, 2.24) is 24.7 Å². The Hall–Kier alpha value is -3.38. The maximum atomic E-state index is 11.6. The number of fused-ring (bicyclic) bond motifs is 2. The van der Waals surface area contributed by atoms with Crippen molar-refractivity contribution in [1.29, 1.82) is 0 Å². The molecule has 1 aliphatic rings. The van der Waals surface area contributed by atoms with E-state index in [1.165, 1.54) is 6.26 Å². The zero-order valence-electron chi connectivity index (χ0n) is 20.5. The summed E-state index contributed by atoms with van der Waals surface area (Å²) in [5, 5.41) is 1.01. The van der Waals surface area contributed by atoms with E-state index in [1.54, 1.807) is 11.3 Å². The minimum absolute atomic E-state index is 0.244. The van der Waals surface area contributed by atoms with Crippen molar-refractivity contribution in [2.75, 3.05) is 37.5 Å². The van der Waals surface area contributed by atoms with Gasteiger partial charge in [0.25, 0.3) is 0 Å². The molecule has 0 atom stereocenters. The van der Waals surface area contributed by atoms with Gasteiger partial charge >= 0.3 is 0 Å². The first-order valence-corrected chi connectivity index (χ1v) is 14.7. The maximum absolute atomic E-state index is 11.6. The van der Waals surface area contributed by atoms with Gasteiger partial charge in [-0.15, -0.1) is 11.3 Å². The number of hydrogen-bond acceptors (Lipinski definition) is 8. The van der Waals surface area contributed by atoms with Crippen molar-refractivity contribution < 1.29 is 13.2 Å². The molecule has 9 nitrogen and oxygen atoms in total. The smallest absolute Gasteiger partial charge is 0.209 e. The SMILES string of the molecule is Cc1c(-c2cccc(CNS(C)(=O)=O)c2)sc2c(N3CCOCC3)nc(-c3cnc4[nH]ccc4c3)nc12. The Kier molecular flexibility index (Phi) is 6.15. The number of morpholine rings is 1. The minimum atomic E-state index is -3.28. The van der Waals surface area contributed by atoms with E-state index in [-0.39, 0.29) is 6.54 Å². The molecule has 0 aliphatic carbocycles. The molecule has 1 aromatic carbocycles. The molecule has 4 aromatic heterocycles. The summed E-state index contributed by atoms with van der Waals surface area (Å²) in [6.07, 6.45) is 4.85. The first-order chi connectivity index (χ1) is 17.9. The van der Waals surface area contributed by atoms with E-state index in [1.807, 2.05) is 42.7 Å². The van der Waals surface area contributed by atoms with Gasteiger partial charge < -0.3 is 14.6 Å². The first-order valence-electron chi connectivity index (χ1n) is 12.0. The number of hydrogen-bond donors (Lipinski definition) is 2. The lowest BCUT2D eigenvalue weighted by atomic mass is 10.1. The molecule has 0 amide bonds. The Morgan fingerprint density at radius 2 is 1.97 bits per heavy atom. The number of rotatable bonds is 6. The highest BCUT2D eigenvalue weighted by Gasteiger charge is 2.23. The average molecular weight is 535 g/mol. The van der Waals surface area contributed by atoms with Crippen molar-refractivity contribution >= 4 is 48.4 Å². The van der Waals surface area contributed by atoms with Crippen LogP contribution >= 0.6 is 11.3 Å². The minimum Gasteiger partial charge on any atom is -0.378 e. The molecule has 0 bridgehead atoms. The standard InChI is InChI=1S/C26H26N6O3S2/c1-16-21-23(36-22(16)18-5-3-4-17(12-18)14-29-37(2,33)34)26(32-8-10-35-11-9-32)31-25(30-21)20-13-19-6-7-27-24(19)28-15-20/h3-7,12-13,15,29H,8-11,14H2,1-2H3,(H,27,28). The van der Waals surface area contributed by atoms with Gasteiger partial charge in [-0.2, -0.15) is 0 Å². The van der Waals surface area contributed by atoms with Gasteiger partial charge in [-0.1, -0.05) is 18.2 Å². The Bertz CT molecular complexity index is 1720. The van der Waals surface area contributed by atoms with Crippen LogP contribution in [0, 0.1) is 6.92 Å². The third-order valence-corrected chi connectivity index (χ3v) is 8.44. The second kappa shape index (κ2) is 9.49. The zero-order valence-corrected chi connectivity index (χ0v) is 22.1. The van der Waals surface area contributed by atoms with Crippen LogP contribution in [0.4, 0.5) is 5.82 Å². The molecule has 0 spiro atoms. The van der Waals surface area contributed by atoms with Gasteiger partial charge in [-0.3, -0.25) is 0 Å². The lowest BCUT2D eigenvalue weighted by Gasteiger charge is -2.28. The predicted molar refractivity (Wildman–Crippen MR) is 147 cm³/mol. The van der Waals surface area contributed by atoms with E-state index in [0.29, 0.717) is 19.0 Å². The monoisotopic (exact) mass is 534 g/mol. The molecule has 0 saturated carbocycles. The summed E-state index contributed by atoms with van der Waals surface area (Å²) in [6.45, 7) is 5.17. The fourth-order valence-corrected chi connectivity index (χ4v) is 6.26. The van der Waals surface area contributed by atoms with E-state index < -0.39 is 10.0 Å². The molecule has 0 radical (unpaired) electrons. The molecule has 11 heteroatoms. The number of nitrogens with zero attached hydrogens (tertiary/aromatic N) is 4. The summed E-state index contributed by atoms with van der Waals surface area (Å²) in [6, 6.07) is 12.0. The van der Waals surface area contributed by atoms with E-state index in [2.05, 4.69) is 32.6 Å². The Morgan fingerprint density at radius 1 is 1.14 bits per heavy atom. The highest BCUT2D eigenvalue weighted by atomic mass is 32.2. The summed E-state index contributed by atoms with van der Waals surface area (Å²) < 4.78 is 32.4. The molecule has 6 rings (SSSR count). The summed E-state index contributed by atoms with van der Waals surface area (Å²) >= 11 is 1.67. The second-order valence-corrected chi connectivity index (χ2v) is 12.0. The fourth-order valence-electron chi connectivity index (χ4n) is 4.57. The molecule has 5 aromatic rings. The third kappa shape index (κ3) is 4.82. The lowest BCUT2D eigenvalue weighted by Crippen LogP contribution is -2.36. The van der Waals surface area contributed by atoms with Crippen LogP contribution in [-0.4, -0.2) is 60.9 Å². The number of anilines is 1. The highest BCUT2D eigenvalue weighted by molar-refractivity contribution is 7.88. The highest BCUT2D eigenvalue weighted by Crippen LogP contribution is 2.42. The van der Waals surface area contributed by atoms with Crippen LogP contribution in [0.15, 0.2) is 48.8 Å². The third-order valence-electron chi connectivity index (χ3n) is 6.44. The molecule has 190 valence electrons. The predicted octanol–water partition coefficient (Wildman–Crippen LogP) is 4.10. The number of ether oxygens (including phenoxy) is 1. The number of sulfonamides is 1. The van der Waals surface area contributed by atoms with Crippen molar-refractivity contribution in [3.05, 3.63) is 59.9 Å². The zero-order chi connectivity index (χ0) is 25.6. The molecule has 1 fully saturated rings. The van der Waals surface area contributed by atoms with Gasteiger partial charge in [-0.05, 0) is 41.8 Å². The summed E-state index contributed by atoms with van der Waals surface area (Å²) in [5.74, 6) is 1.55. The number of aryl methyl sites for hydroxylation is 1. The van der Waals surface area contributed by atoms with Crippen LogP contribution in [-0.2, 0) is 21.3 Å². The van der Waals surface area contributed by atoms with Gasteiger partial charge in [0.1, 0.15) is 5.65 Å². The summed E-state index contributed by atoms with van der Waals surface area (Å²) in [7, 11) is -3.28. The molecule has 1 aliphatic heterocycles. The van der Waals surface area contributed by atoms with Crippen LogP contribution < -0.4 is 9.62 Å². The van der Waals surface area contributed by atoms with Crippen LogP contribution in [0.25, 0.3) is 43.1 Å². The van der Waals surface area contributed by atoms with Gasteiger partial charge in [0, 0.05) is 47.9 Å². The van der Waals surface area contributed by atoms with Gasteiger partial charge in [-0.25, -0.2) is 28.1 Å². The number of aromatic nitrogens is 4. The van der Waals surface area contributed by atoms with Crippen LogP contribution in [0.2, 0.25) is 0 Å². The van der Waals surface area contributed by atoms with E-state index in [0.717, 1.165) is 67.3 Å². The molecule has 0 unspecified atom stereocenters. The van der Waals surface area contributed by atoms with Crippen molar-refractivity contribution in [3.8, 4) is 21.8 Å². The Balaban J connectivity index is 1.48. The topological polar surface area (TPSA) is 113 Å². The number of H-pyrrole nitrogens is 1. The molecular formula is C26H26N6O3S2. The van der Waals surface area contributed by atoms with Crippen molar-refractivity contribution in [2.24, 2.45) is 0 Å². The molecule has 1 saturated heterocycles. The number of nitrogens with one attached hydrogen (secondary N) is 2. The largest absolute Gasteiger partial charge is 0.378 e. The Labute approximate surface area is 218 Å².